The molecule has 1 aromatic carbocycles. The van der Waals surface area contributed by atoms with Crippen molar-refractivity contribution in [3.05, 3.63) is 30.3 Å². The Morgan fingerprint density at radius 3 is 2.50 bits per heavy atom. The van der Waals surface area contributed by atoms with Crippen LogP contribution in [0.2, 0.25) is 6.04 Å². The van der Waals surface area contributed by atoms with E-state index in [9.17, 15) is 0 Å². The van der Waals surface area contributed by atoms with E-state index in [1.807, 2.05) is 30.3 Å². The highest BCUT2D eigenvalue weighted by Gasteiger charge is 2.18. The van der Waals surface area contributed by atoms with Crippen LogP contribution in [0, 0.1) is 5.92 Å². The van der Waals surface area contributed by atoms with Crippen molar-refractivity contribution in [3.8, 4) is 5.75 Å². The standard InChI is InChI=1S/C15H24O2Si/c1-2-18(17-15-11-7-4-8-12-15)16-13-14-9-5-3-6-10-14/h4,7-8,11-12,14,18H,2-3,5-6,9-10,13H2,1H3. The van der Waals surface area contributed by atoms with E-state index in [4.69, 9.17) is 8.85 Å². The first-order valence-electron chi connectivity index (χ1n) is 7.21. The smallest absolute Gasteiger partial charge is 0.382 e. The van der Waals surface area contributed by atoms with Crippen molar-refractivity contribution < 1.29 is 8.85 Å². The van der Waals surface area contributed by atoms with Gasteiger partial charge in [-0.2, -0.15) is 0 Å². The monoisotopic (exact) mass is 264 g/mol. The quantitative estimate of drug-likeness (QED) is 0.725. The summed E-state index contributed by atoms with van der Waals surface area (Å²) in [5.41, 5.74) is 0. The van der Waals surface area contributed by atoms with Crippen molar-refractivity contribution >= 4 is 9.28 Å². The molecule has 3 heteroatoms. The first-order valence-corrected chi connectivity index (χ1v) is 8.97. The maximum Gasteiger partial charge on any atom is 0.382 e. The minimum atomic E-state index is -1.51. The summed E-state index contributed by atoms with van der Waals surface area (Å²) in [5.74, 6) is 1.74. The van der Waals surface area contributed by atoms with E-state index in [-0.39, 0.29) is 0 Å². The summed E-state index contributed by atoms with van der Waals surface area (Å²) < 4.78 is 12.0. The Bertz CT molecular complexity index is 323. The Morgan fingerprint density at radius 2 is 1.83 bits per heavy atom. The average Bonchev–Trinajstić information content (AvgIpc) is 2.45. The zero-order chi connectivity index (χ0) is 12.6. The van der Waals surface area contributed by atoms with Crippen molar-refractivity contribution in [1.82, 2.24) is 0 Å². The van der Waals surface area contributed by atoms with Crippen LogP contribution in [0.4, 0.5) is 0 Å². The lowest BCUT2D eigenvalue weighted by Crippen LogP contribution is -2.28. The normalized spacial score (nSPS) is 18.5. The summed E-state index contributed by atoms with van der Waals surface area (Å²) >= 11 is 0. The van der Waals surface area contributed by atoms with Crippen LogP contribution in [-0.4, -0.2) is 15.9 Å². The van der Waals surface area contributed by atoms with Gasteiger partial charge in [0.1, 0.15) is 5.75 Å². The molecular weight excluding hydrogens is 240 g/mol. The van der Waals surface area contributed by atoms with Gasteiger partial charge in [-0.3, -0.25) is 0 Å². The van der Waals surface area contributed by atoms with Gasteiger partial charge in [-0.05, 0) is 36.9 Å². The lowest BCUT2D eigenvalue weighted by Gasteiger charge is -2.24. The highest BCUT2D eigenvalue weighted by atomic mass is 28.3. The van der Waals surface area contributed by atoms with Crippen LogP contribution >= 0.6 is 0 Å². The average molecular weight is 264 g/mol. The molecule has 2 nitrogen and oxygen atoms in total. The van der Waals surface area contributed by atoms with Crippen molar-refractivity contribution in [2.75, 3.05) is 6.61 Å². The zero-order valence-corrected chi connectivity index (χ0v) is 12.5. The van der Waals surface area contributed by atoms with Gasteiger partial charge in [-0.25, -0.2) is 0 Å². The molecule has 0 aliphatic heterocycles. The Morgan fingerprint density at radius 1 is 1.11 bits per heavy atom. The summed E-state index contributed by atoms with van der Waals surface area (Å²) in [4.78, 5) is 0. The molecule has 0 saturated heterocycles. The molecule has 0 heterocycles. The van der Waals surface area contributed by atoms with Crippen molar-refractivity contribution in [2.24, 2.45) is 5.92 Å². The van der Waals surface area contributed by atoms with Gasteiger partial charge in [-0.1, -0.05) is 44.4 Å². The highest BCUT2D eigenvalue weighted by Crippen LogP contribution is 2.24. The first-order chi connectivity index (χ1) is 8.88. The van der Waals surface area contributed by atoms with E-state index in [0.29, 0.717) is 0 Å². The molecule has 1 unspecified atom stereocenters. The van der Waals surface area contributed by atoms with Gasteiger partial charge in [0, 0.05) is 6.61 Å². The largest absolute Gasteiger partial charge is 0.522 e. The van der Waals surface area contributed by atoms with Gasteiger partial charge in [0.25, 0.3) is 0 Å². The fourth-order valence-corrected chi connectivity index (χ4v) is 3.90. The molecule has 1 aliphatic carbocycles. The van der Waals surface area contributed by atoms with Crippen LogP contribution in [0.25, 0.3) is 0 Å². The zero-order valence-electron chi connectivity index (χ0n) is 11.3. The second-order valence-electron chi connectivity index (χ2n) is 5.11. The number of hydrogen-bond acceptors (Lipinski definition) is 2. The van der Waals surface area contributed by atoms with E-state index in [0.717, 1.165) is 24.3 Å². The Balaban J connectivity index is 1.75. The van der Waals surface area contributed by atoms with Gasteiger partial charge in [0.2, 0.25) is 0 Å². The Labute approximate surface area is 112 Å². The van der Waals surface area contributed by atoms with Crippen LogP contribution in [0.3, 0.4) is 0 Å². The highest BCUT2D eigenvalue weighted by molar-refractivity contribution is 6.45. The summed E-state index contributed by atoms with van der Waals surface area (Å²) in [6.45, 7) is 3.08. The second-order valence-corrected chi connectivity index (χ2v) is 7.35. The number of benzene rings is 1. The molecule has 1 atom stereocenters. The van der Waals surface area contributed by atoms with Crippen molar-refractivity contribution in [3.63, 3.8) is 0 Å². The molecule has 0 spiro atoms. The molecule has 0 aromatic heterocycles. The van der Waals surface area contributed by atoms with Crippen LogP contribution in [0.15, 0.2) is 30.3 Å². The first kappa shape index (κ1) is 13.6. The fourth-order valence-electron chi connectivity index (χ4n) is 2.48. The van der Waals surface area contributed by atoms with Gasteiger partial charge < -0.3 is 8.85 Å². The van der Waals surface area contributed by atoms with Crippen LogP contribution in [0.1, 0.15) is 39.0 Å². The summed E-state index contributed by atoms with van der Waals surface area (Å²) in [7, 11) is -1.51. The molecule has 1 aliphatic rings. The summed E-state index contributed by atoms with van der Waals surface area (Å²) in [5, 5.41) is 0. The Kier molecular flexibility index (Phi) is 5.75. The number of para-hydroxylation sites is 1. The lowest BCUT2D eigenvalue weighted by atomic mass is 9.90. The molecular formula is C15H24O2Si. The molecule has 1 fully saturated rings. The molecule has 1 saturated carbocycles. The maximum atomic E-state index is 6.05. The van der Waals surface area contributed by atoms with Gasteiger partial charge >= 0.3 is 9.28 Å². The maximum absolute atomic E-state index is 6.05. The molecule has 0 N–H and O–H groups in total. The summed E-state index contributed by atoms with van der Waals surface area (Å²) in [6, 6.07) is 11.1. The number of rotatable bonds is 6. The Hall–Kier alpha value is -0.803. The topological polar surface area (TPSA) is 18.5 Å². The van der Waals surface area contributed by atoms with Gasteiger partial charge in [-0.15, -0.1) is 0 Å². The van der Waals surface area contributed by atoms with Crippen LogP contribution in [-0.2, 0) is 4.43 Å². The van der Waals surface area contributed by atoms with Crippen molar-refractivity contribution in [1.29, 1.82) is 0 Å². The van der Waals surface area contributed by atoms with E-state index >= 15 is 0 Å². The minimum Gasteiger partial charge on any atom is -0.522 e. The fraction of sp³-hybridized carbons (Fsp3) is 0.600. The van der Waals surface area contributed by atoms with E-state index in [1.165, 1.54) is 32.1 Å². The molecule has 0 amide bonds. The molecule has 2 rings (SSSR count). The SMILES string of the molecule is CC[SiH](OCC1CCCCC1)Oc1ccccc1. The van der Waals surface area contributed by atoms with E-state index in [1.54, 1.807) is 0 Å². The van der Waals surface area contributed by atoms with Crippen LogP contribution in [0.5, 0.6) is 5.75 Å². The van der Waals surface area contributed by atoms with Crippen molar-refractivity contribution in [2.45, 2.75) is 45.1 Å². The molecule has 100 valence electrons. The van der Waals surface area contributed by atoms with Gasteiger partial charge in [0.15, 0.2) is 0 Å². The molecule has 18 heavy (non-hydrogen) atoms. The minimum absolute atomic E-state index is 0.777. The molecule has 0 radical (unpaired) electrons. The van der Waals surface area contributed by atoms with E-state index < -0.39 is 9.28 Å². The third-order valence-electron chi connectivity index (χ3n) is 3.59. The molecule has 1 aromatic rings. The van der Waals surface area contributed by atoms with Crippen LogP contribution < -0.4 is 4.43 Å². The lowest BCUT2D eigenvalue weighted by molar-refractivity contribution is 0.184. The predicted molar refractivity (Wildman–Crippen MR) is 77.2 cm³/mol. The summed E-state index contributed by atoms with van der Waals surface area (Å²) in [6.07, 6.45) is 6.86. The third-order valence-corrected chi connectivity index (χ3v) is 5.35. The predicted octanol–water partition coefficient (Wildman–Crippen LogP) is 3.90. The van der Waals surface area contributed by atoms with E-state index in [2.05, 4.69) is 6.92 Å². The third kappa shape index (κ3) is 4.46. The molecule has 0 bridgehead atoms. The van der Waals surface area contributed by atoms with Gasteiger partial charge in [0.05, 0.1) is 0 Å². The number of hydrogen-bond donors (Lipinski definition) is 0. The second kappa shape index (κ2) is 7.59.